The normalized spacial score (nSPS) is 11.8. The average Bonchev–Trinajstić information content (AvgIpc) is 2.74. The number of rotatable bonds is 5. The fourth-order valence-electron chi connectivity index (χ4n) is 2.90. The van der Waals surface area contributed by atoms with Crippen LogP contribution in [0.5, 0.6) is 5.75 Å². The zero-order valence-corrected chi connectivity index (χ0v) is 16.8. The van der Waals surface area contributed by atoms with E-state index < -0.39 is 10.1 Å². The van der Waals surface area contributed by atoms with Gasteiger partial charge < -0.3 is 4.18 Å². The minimum Gasteiger partial charge on any atom is -0.378 e. The number of halogens is 1. The van der Waals surface area contributed by atoms with E-state index >= 15 is 0 Å². The number of benzene rings is 4. The van der Waals surface area contributed by atoms with Crippen LogP contribution in [-0.2, 0) is 10.1 Å². The van der Waals surface area contributed by atoms with Gasteiger partial charge in [0.05, 0.1) is 5.69 Å². The van der Waals surface area contributed by atoms with E-state index in [4.69, 9.17) is 15.8 Å². The number of fused-ring (bicyclic) bond motifs is 1. The Balaban J connectivity index is 1.79. The Morgan fingerprint density at radius 3 is 2.24 bits per heavy atom. The quantitative estimate of drug-likeness (QED) is 0.293. The second-order valence-corrected chi connectivity index (χ2v) is 8.27. The van der Waals surface area contributed by atoms with Gasteiger partial charge in [-0.1, -0.05) is 60.1 Å². The Bertz CT molecular complexity index is 1290. The Morgan fingerprint density at radius 2 is 1.48 bits per heavy atom. The van der Waals surface area contributed by atoms with Crippen molar-refractivity contribution >= 4 is 44.4 Å². The van der Waals surface area contributed by atoms with Crippen molar-refractivity contribution in [2.24, 2.45) is 4.99 Å². The van der Waals surface area contributed by atoms with Gasteiger partial charge in [-0.15, -0.1) is 0 Å². The molecule has 4 aromatic carbocycles. The Morgan fingerprint density at radius 1 is 0.793 bits per heavy atom. The van der Waals surface area contributed by atoms with Gasteiger partial charge in [0, 0.05) is 16.8 Å². The summed E-state index contributed by atoms with van der Waals surface area (Å²) in [5, 5.41) is 2.25. The van der Waals surface area contributed by atoms with E-state index in [-0.39, 0.29) is 10.6 Å². The van der Waals surface area contributed by atoms with E-state index in [9.17, 15) is 8.42 Å². The minimum atomic E-state index is -4.02. The predicted molar refractivity (Wildman–Crippen MR) is 117 cm³/mol. The lowest BCUT2D eigenvalue weighted by atomic mass is 10.0. The van der Waals surface area contributed by atoms with Crippen LogP contribution in [0.3, 0.4) is 0 Å². The molecule has 4 nitrogen and oxygen atoms in total. The third-order valence-electron chi connectivity index (χ3n) is 4.33. The maximum atomic E-state index is 12.8. The van der Waals surface area contributed by atoms with Gasteiger partial charge in [0.15, 0.2) is 5.75 Å². The van der Waals surface area contributed by atoms with Crippen LogP contribution in [0.15, 0.2) is 101 Å². The van der Waals surface area contributed by atoms with Crippen molar-refractivity contribution in [3.8, 4) is 5.75 Å². The van der Waals surface area contributed by atoms with E-state index in [1.807, 2.05) is 60.7 Å². The lowest BCUT2D eigenvalue weighted by Gasteiger charge is -2.12. The molecule has 0 aromatic heterocycles. The molecule has 6 heteroatoms. The van der Waals surface area contributed by atoms with Gasteiger partial charge in [0.1, 0.15) is 4.90 Å². The molecule has 0 atom stereocenters. The van der Waals surface area contributed by atoms with Crippen LogP contribution >= 0.6 is 11.6 Å². The van der Waals surface area contributed by atoms with Crippen LogP contribution < -0.4 is 4.18 Å². The topological polar surface area (TPSA) is 55.7 Å². The molecule has 0 amide bonds. The third kappa shape index (κ3) is 4.31. The van der Waals surface area contributed by atoms with Gasteiger partial charge in [0.25, 0.3) is 0 Å². The molecular weight excluding hydrogens is 406 g/mol. The number of hydrogen-bond donors (Lipinski definition) is 0. The molecule has 0 unspecified atom stereocenters. The van der Waals surface area contributed by atoms with Crippen molar-refractivity contribution in [3.63, 3.8) is 0 Å². The fraction of sp³-hybridized carbons (Fsp3) is 0. The third-order valence-corrected chi connectivity index (χ3v) is 5.83. The van der Waals surface area contributed by atoms with Crippen molar-refractivity contribution in [2.75, 3.05) is 0 Å². The maximum Gasteiger partial charge on any atom is 0.339 e. The van der Waals surface area contributed by atoms with Crippen molar-refractivity contribution in [3.05, 3.63) is 102 Å². The summed E-state index contributed by atoms with van der Waals surface area (Å²) in [6.07, 6.45) is 1.63. The molecule has 0 fully saturated rings. The van der Waals surface area contributed by atoms with Crippen LogP contribution in [0.1, 0.15) is 5.56 Å². The molecular formula is C23H16ClNO3S. The Hall–Kier alpha value is -3.15. The largest absolute Gasteiger partial charge is 0.378 e. The molecule has 0 N–H and O–H groups in total. The van der Waals surface area contributed by atoms with Gasteiger partial charge in [-0.3, -0.25) is 4.99 Å². The molecule has 0 aliphatic heterocycles. The van der Waals surface area contributed by atoms with Crippen molar-refractivity contribution in [1.29, 1.82) is 0 Å². The molecule has 4 rings (SSSR count). The molecule has 0 radical (unpaired) electrons. The lowest BCUT2D eigenvalue weighted by molar-refractivity contribution is 0.486. The van der Waals surface area contributed by atoms with Crippen LogP contribution in [0, 0.1) is 0 Å². The minimum absolute atomic E-state index is 0.0287. The molecule has 0 aliphatic rings. The summed E-state index contributed by atoms with van der Waals surface area (Å²) in [6, 6.07) is 26.4. The molecule has 4 aromatic rings. The maximum absolute atomic E-state index is 12.8. The Labute approximate surface area is 174 Å². The van der Waals surface area contributed by atoms with Gasteiger partial charge in [0.2, 0.25) is 0 Å². The molecule has 0 spiro atoms. The predicted octanol–water partition coefficient (Wildman–Crippen LogP) is 6.01. The SMILES string of the molecule is O=S(=O)(Oc1ccc2ccccc2c1C=Nc1ccccc1)c1ccc(Cl)cc1. The number of nitrogens with zero attached hydrogens (tertiary/aromatic N) is 1. The molecule has 0 saturated heterocycles. The van der Waals surface area contributed by atoms with Crippen LogP contribution in [0.4, 0.5) is 5.69 Å². The van der Waals surface area contributed by atoms with Crippen LogP contribution in [0.2, 0.25) is 5.02 Å². The van der Waals surface area contributed by atoms with Crippen molar-refractivity contribution < 1.29 is 12.6 Å². The molecule has 0 saturated carbocycles. The highest BCUT2D eigenvalue weighted by Gasteiger charge is 2.19. The number of hydrogen-bond acceptors (Lipinski definition) is 4. The molecule has 0 heterocycles. The smallest absolute Gasteiger partial charge is 0.339 e. The number of para-hydroxylation sites is 1. The van der Waals surface area contributed by atoms with E-state index in [2.05, 4.69) is 4.99 Å². The van der Waals surface area contributed by atoms with E-state index in [1.54, 1.807) is 12.3 Å². The molecule has 0 aliphatic carbocycles. The zero-order valence-electron chi connectivity index (χ0n) is 15.2. The zero-order chi connectivity index (χ0) is 20.3. The highest BCUT2D eigenvalue weighted by Crippen LogP contribution is 2.30. The van der Waals surface area contributed by atoms with E-state index in [0.717, 1.165) is 16.5 Å². The summed E-state index contributed by atoms with van der Waals surface area (Å²) < 4.78 is 31.0. The summed E-state index contributed by atoms with van der Waals surface area (Å²) >= 11 is 5.86. The Kier molecular flexibility index (Phi) is 5.34. The second kappa shape index (κ2) is 8.07. The summed E-state index contributed by atoms with van der Waals surface area (Å²) in [5.41, 5.74) is 1.34. The lowest BCUT2D eigenvalue weighted by Crippen LogP contribution is -2.11. The average molecular weight is 422 g/mol. The molecule has 29 heavy (non-hydrogen) atoms. The summed E-state index contributed by atoms with van der Waals surface area (Å²) in [6.45, 7) is 0. The first-order valence-electron chi connectivity index (χ1n) is 8.84. The molecule has 0 bridgehead atoms. The highest BCUT2D eigenvalue weighted by molar-refractivity contribution is 7.87. The number of aliphatic imine (C=N–C) groups is 1. The van der Waals surface area contributed by atoms with Gasteiger partial charge >= 0.3 is 10.1 Å². The second-order valence-electron chi connectivity index (χ2n) is 6.28. The van der Waals surface area contributed by atoms with Gasteiger partial charge in [-0.25, -0.2) is 0 Å². The molecule has 144 valence electrons. The monoisotopic (exact) mass is 421 g/mol. The van der Waals surface area contributed by atoms with Gasteiger partial charge in [-0.05, 0) is 53.2 Å². The van der Waals surface area contributed by atoms with Gasteiger partial charge in [-0.2, -0.15) is 8.42 Å². The van der Waals surface area contributed by atoms with Crippen molar-refractivity contribution in [2.45, 2.75) is 4.90 Å². The van der Waals surface area contributed by atoms with Crippen LogP contribution in [0.25, 0.3) is 10.8 Å². The fourth-order valence-corrected chi connectivity index (χ4v) is 3.98. The first-order valence-corrected chi connectivity index (χ1v) is 10.6. The highest BCUT2D eigenvalue weighted by atomic mass is 35.5. The summed E-state index contributed by atoms with van der Waals surface area (Å²) in [4.78, 5) is 4.51. The van der Waals surface area contributed by atoms with Crippen molar-refractivity contribution in [1.82, 2.24) is 0 Å². The summed E-state index contributed by atoms with van der Waals surface area (Å²) in [5.74, 6) is 0.207. The first-order chi connectivity index (χ1) is 14.0. The first kappa shape index (κ1) is 19.2. The summed E-state index contributed by atoms with van der Waals surface area (Å²) in [7, 11) is -4.02. The van der Waals surface area contributed by atoms with E-state index in [0.29, 0.717) is 10.6 Å². The van der Waals surface area contributed by atoms with Crippen LogP contribution in [-0.4, -0.2) is 14.6 Å². The standard InChI is InChI=1S/C23H16ClNO3S/c24-18-11-13-20(14-12-18)29(26,27)28-23-15-10-17-6-4-5-9-21(17)22(23)16-25-19-7-2-1-3-8-19/h1-16H. The van der Waals surface area contributed by atoms with E-state index in [1.165, 1.54) is 24.3 Å².